The highest BCUT2D eigenvalue weighted by Crippen LogP contribution is 2.31. The lowest BCUT2D eigenvalue weighted by molar-refractivity contribution is -0.402. The van der Waals surface area contributed by atoms with E-state index in [2.05, 4.69) is 16.9 Å². The second kappa shape index (κ2) is 10.0. The molecule has 2 aromatic heterocycles. The maximum Gasteiger partial charge on any atom is 0.433 e. The lowest BCUT2D eigenvalue weighted by Crippen LogP contribution is -2.07. The van der Waals surface area contributed by atoms with Gasteiger partial charge in [-0.05, 0) is 30.3 Å². The molecule has 1 aromatic carbocycles. The number of carbonyl (C=O) groups excluding carboxylic acids is 1. The summed E-state index contributed by atoms with van der Waals surface area (Å²) in [5.74, 6) is 0.277. The molecule has 0 saturated heterocycles. The molecule has 0 aliphatic heterocycles. The van der Waals surface area contributed by atoms with E-state index in [4.69, 9.17) is 9.15 Å². The highest BCUT2D eigenvalue weighted by molar-refractivity contribution is 8.01. The van der Waals surface area contributed by atoms with Crippen molar-refractivity contribution in [3.63, 3.8) is 0 Å². The van der Waals surface area contributed by atoms with Gasteiger partial charge < -0.3 is 14.5 Å². The van der Waals surface area contributed by atoms with Crippen LogP contribution in [-0.2, 0) is 9.53 Å². The van der Waals surface area contributed by atoms with Crippen LogP contribution < -0.4 is 5.32 Å². The first-order chi connectivity index (χ1) is 14.0. The van der Waals surface area contributed by atoms with Crippen LogP contribution in [0.4, 0.5) is 11.6 Å². The topological polar surface area (TPSA) is 108 Å². The number of hydrogen-bond donors (Lipinski definition) is 1. The van der Waals surface area contributed by atoms with Gasteiger partial charge in [0.15, 0.2) is 4.34 Å². The summed E-state index contributed by atoms with van der Waals surface area (Å²) >= 11 is 3.16. The van der Waals surface area contributed by atoms with Crippen molar-refractivity contribution in [3.05, 3.63) is 64.9 Å². The summed E-state index contributed by atoms with van der Waals surface area (Å²) in [6.45, 7) is 4.76. The monoisotopic (exact) mass is 431 g/mol. The van der Waals surface area contributed by atoms with E-state index in [0.29, 0.717) is 18.9 Å². The molecular formula is C19H17N3O5S2. The Morgan fingerprint density at radius 2 is 2.28 bits per heavy atom. The first-order valence-corrected chi connectivity index (χ1v) is 10.3. The van der Waals surface area contributed by atoms with Gasteiger partial charge in [-0.15, -0.1) is 17.9 Å². The number of thiazole rings is 1. The third kappa shape index (κ3) is 6.01. The number of nitro groups is 1. The summed E-state index contributed by atoms with van der Waals surface area (Å²) < 4.78 is 12.2. The van der Waals surface area contributed by atoms with Crippen LogP contribution in [-0.4, -0.2) is 34.8 Å². The number of benzene rings is 1. The van der Waals surface area contributed by atoms with E-state index in [1.54, 1.807) is 35.2 Å². The highest BCUT2D eigenvalue weighted by atomic mass is 32.2. The minimum atomic E-state index is -0.636. The first kappa shape index (κ1) is 20.8. The number of thioether (sulfide) groups is 1. The molecule has 0 spiro atoms. The molecule has 29 heavy (non-hydrogen) atoms. The van der Waals surface area contributed by atoms with Crippen LogP contribution in [0.25, 0.3) is 16.3 Å². The summed E-state index contributed by atoms with van der Waals surface area (Å²) in [6, 6.07) is 8.13. The Hall–Kier alpha value is -2.95. The molecule has 0 atom stereocenters. The number of hydrogen-bond acceptors (Lipinski definition) is 8. The zero-order valence-electron chi connectivity index (χ0n) is 15.2. The molecule has 0 radical (unpaired) electrons. The number of ether oxygens (including phenoxy) is 1. The average molecular weight is 431 g/mol. The maximum atomic E-state index is 12.1. The number of amides is 1. The van der Waals surface area contributed by atoms with Crippen LogP contribution in [0, 0.1) is 10.1 Å². The SMILES string of the molecule is C=CCOCCSc1nc2ccc(NC(=O)/C=C/c3ccc([N+](=O)[O-])o3)cc2s1. The highest BCUT2D eigenvalue weighted by Gasteiger charge is 2.10. The smallest absolute Gasteiger partial charge is 0.401 e. The Labute approximate surface area is 174 Å². The van der Waals surface area contributed by atoms with Crippen molar-refractivity contribution in [2.45, 2.75) is 4.34 Å². The fraction of sp³-hybridized carbons (Fsp3) is 0.158. The predicted octanol–water partition coefficient (Wildman–Crippen LogP) is 4.74. The van der Waals surface area contributed by atoms with Crippen LogP contribution >= 0.6 is 23.1 Å². The Bertz CT molecular complexity index is 1060. The summed E-state index contributed by atoms with van der Waals surface area (Å²) in [6.07, 6.45) is 4.34. The van der Waals surface area contributed by atoms with Crippen molar-refractivity contribution in [2.75, 3.05) is 24.3 Å². The molecule has 1 N–H and O–H groups in total. The number of anilines is 1. The molecule has 0 saturated carbocycles. The standard InChI is InChI=1S/C19H17N3O5S2/c1-2-9-26-10-11-28-19-21-15-6-3-13(12-16(15)29-19)20-17(23)7-4-14-5-8-18(27-14)22(24)25/h2-8,12H,1,9-11H2,(H,20,23)/b7-4+. The first-order valence-electron chi connectivity index (χ1n) is 8.50. The molecule has 1 amide bonds. The van der Waals surface area contributed by atoms with Crippen LogP contribution in [0.2, 0.25) is 0 Å². The number of nitrogens with one attached hydrogen (secondary N) is 1. The molecule has 0 bridgehead atoms. The maximum absolute atomic E-state index is 12.1. The fourth-order valence-electron chi connectivity index (χ4n) is 2.27. The van der Waals surface area contributed by atoms with E-state index in [1.165, 1.54) is 24.3 Å². The van der Waals surface area contributed by atoms with Crippen LogP contribution in [0.15, 0.2) is 57.8 Å². The van der Waals surface area contributed by atoms with Gasteiger partial charge in [0.25, 0.3) is 0 Å². The van der Waals surface area contributed by atoms with Gasteiger partial charge in [-0.2, -0.15) is 0 Å². The van der Waals surface area contributed by atoms with Crippen LogP contribution in [0.5, 0.6) is 0 Å². The molecular weight excluding hydrogens is 414 g/mol. The lowest BCUT2D eigenvalue weighted by Gasteiger charge is -2.01. The van der Waals surface area contributed by atoms with E-state index in [9.17, 15) is 14.9 Å². The average Bonchev–Trinajstić information content (AvgIpc) is 3.32. The number of rotatable bonds is 10. The molecule has 3 rings (SSSR count). The van der Waals surface area contributed by atoms with Crippen LogP contribution in [0.3, 0.4) is 0 Å². The van der Waals surface area contributed by atoms with Crippen LogP contribution in [0.1, 0.15) is 5.76 Å². The molecule has 3 aromatic rings. The molecule has 8 nitrogen and oxygen atoms in total. The van der Waals surface area contributed by atoms with Gasteiger partial charge in [-0.1, -0.05) is 17.8 Å². The third-order valence-electron chi connectivity index (χ3n) is 3.52. The Morgan fingerprint density at radius 1 is 1.41 bits per heavy atom. The van der Waals surface area contributed by atoms with Crippen molar-refractivity contribution >= 4 is 56.9 Å². The molecule has 2 heterocycles. The lowest BCUT2D eigenvalue weighted by atomic mass is 10.3. The van der Waals surface area contributed by atoms with E-state index < -0.39 is 4.92 Å². The predicted molar refractivity (Wildman–Crippen MR) is 114 cm³/mol. The summed E-state index contributed by atoms with van der Waals surface area (Å²) in [5.41, 5.74) is 1.49. The number of carbonyl (C=O) groups is 1. The molecule has 0 aliphatic rings. The van der Waals surface area contributed by atoms with Crippen molar-refractivity contribution < 1.29 is 18.9 Å². The molecule has 0 unspecified atom stereocenters. The quantitative estimate of drug-likeness (QED) is 0.123. The van der Waals surface area contributed by atoms with Crippen molar-refractivity contribution in [1.29, 1.82) is 0 Å². The van der Waals surface area contributed by atoms with Gasteiger partial charge >= 0.3 is 5.88 Å². The normalized spacial score (nSPS) is 11.2. The number of furan rings is 1. The summed E-state index contributed by atoms with van der Waals surface area (Å²) in [5, 5.41) is 13.3. The Kier molecular flexibility index (Phi) is 7.17. The van der Waals surface area contributed by atoms with Crippen molar-refractivity contribution in [1.82, 2.24) is 4.98 Å². The summed E-state index contributed by atoms with van der Waals surface area (Å²) in [7, 11) is 0. The zero-order valence-corrected chi connectivity index (χ0v) is 16.8. The molecule has 0 fully saturated rings. The van der Waals surface area contributed by atoms with E-state index in [-0.39, 0.29) is 17.6 Å². The summed E-state index contributed by atoms with van der Waals surface area (Å²) in [4.78, 5) is 26.6. The zero-order chi connectivity index (χ0) is 20.6. The van der Waals surface area contributed by atoms with Gasteiger partial charge in [0.2, 0.25) is 5.91 Å². The Balaban J connectivity index is 1.57. The van der Waals surface area contributed by atoms with Crippen molar-refractivity contribution in [3.8, 4) is 0 Å². The fourth-order valence-corrected chi connectivity index (χ4v) is 4.30. The van der Waals surface area contributed by atoms with E-state index >= 15 is 0 Å². The Morgan fingerprint density at radius 3 is 3.03 bits per heavy atom. The second-order valence-electron chi connectivity index (χ2n) is 5.63. The van der Waals surface area contributed by atoms with Gasteiger partial charge in [0.1, 0.15) is 10.7 Å². The second-order valence-corrected chi connectivity index (χ2v) is 8.00. The minimum Gasteiger partial charge on any atom is -0.401 e. The molecule has 10 heteroatoms. The van der Waals surface area contributed by atoms with Gasteiger partial charge in [-0.3, -0.25) is 14.9 Å². The molecule has 150 valence electrons. The van der Waals surface area contributed by atoms with E-state index in [0.717, 1.165) is 20.3 Å². The number of aromatic nitrogens is 1. The largest absolute Gasteiger partial charge is 0.433 e. The van der Waals surface area contributed by atoms with Gasteiger partial charge in [-0.25, -0.2) is 4.98 Å². The number of fused-ring (bicyclic) bond motifs is 1. The van der Waals surface area contributed by atoms with Crippen molar-refractivity contribution in [2.24, 2.45) is 0 Å². The van der Waals surface area contributed by atoms with Gasteiger partial charge in [0.05, 0.1) is 29.5 Å². The molecule has 0 aliphatic carbocycles. The number of nitrogens with zero attached hydrogens (tertiary/aromatic N) is 2. The minimum absolute atomic E-state index is 0.225. The third-order valence-corrected chi connectivity index (χ3v) is 5.64. The van der Waals surface area contributed by atoms with E-state index in [1.807, 2.05) is 12.1 Å². The van der Waals surface area contributed by atoms with Gasteiger partial charge in [0, 0.05) is 17.5 Å².